The molecular weight excluding hydrogens is 390 g/mol. The number of nitrogens with zero attached hydrogens (tertiary/aromatic N) is 2. The molecule has 2 unspecified atom stereocenters. The first kappa shape index (κ1) is 23.5. The maximum atomic E-state index is 13.0. The Hall–Kier alpha value is -1.79. The molecule has 0 bridgehead atoms. The van der Waals surface area contributed by atoms with Gasteiger partial charge in [-0.2, -0.15) is 0 Å². The van der Waals surface area contributed by atoms with Gasteiger partial charge in [-0.25, -0.2) is 0 Å². The largest absolute Gasteiger partial charge is 0.481 e. The number of hydrogen-bond acceptors (Lipinski definition) is 4. The maximum Gasteiger partial charge on any atom is 0.263 e. The van der Waals surface area contributed by atoms with Crippen LogP contribution in [0.2, 0.25) is 0 Å². The highest BCUT2D eigenvalue weighted by atomic mass is 35.5. The molecule has 3 rings (SSSR count). The summed E-state index contributed by atoms with van der Waals surface area (Å²) in [6.07, 6.45) is 1.33. The molecule has 1 aromatic rings. The molecule has 1 N–H and O–H groups in total. The molecule has 2 atom stereocenters. The third-order valence-electron chi connectivity index (χ3n) is 5.81. The minimum Gasteiger partial charge on any atom is -0.481 e. The number of carbonyl (C=O) groups is 2. The molecule has 7 heteroatoms. The summed E-state index contributed by atoms with van der Waals surface area (Å²) in [6, 6.07) is 6.32. The molecule has 2 heterocycles. The Labute approximate surface area is 180 Å². The number of halogens is 1. The summed E-state index contributed by atoms with van der Waals surface area (Å²) in [7, 11) is 0. The fourth-order valence-corrected chi connectivity index (χ4v) is 4.02. The average Bonchev–Trinajstić information content (AvgIpc) is 2.69. The van der Waals surface area contributed by atoms with Crippen molar-refractivity contribution in [2.24, 2.45) is 0 Å². The van der Waals surface area contributed by atoms with Crippen LogP contribution < -0.4 is 10.1 Å². The summed E-state index contributed by atoms with van der Waals surface area (Å²) in [5.74, 6) is 1.32. The summed E-state index contributed by atoms with van der Waals surface area (Å²) in [5, 5.41) is 3.11. The van der Waals surface area contributed by atoms with Gasteiger partial charge in [0.1, 0.15) is 5.75 Å². The van der Waals surface area contributed by atoms with E-state index in [1.807, 2.05) is 29.7 Å². The highest BCUT2D eigenvalue weighted by Gasteiger charge is 2.33. The molecule has 0 spiro atoms. The Morgan fingerprint density at radius 2 is 2.00 bits per heavy atom. The zero-order chi connectivity index (χ0) is 20.3. The SMILES string of the molecule is Cc1ccc(C(C)C)cc1OC(C)C(=O)N1CCCC(N2CCNCC2=O)C1.Cl. The fourth-order valence-electron chi connectivity index (χ4n) is 4.02. The smallest absolute Gasteiger partial charge is 0.263 e. The van der Waals surface area contributed by atoms with Crippen LogP contribution in [0, 0.1) is 6.92 Å². The second kappa shape index (κ2) is 10.3. The Bertz CT molecular complexity index is 725. The molecule has 0 aromatic heterocycles. The van der Waals surface area contributed by atoms with E-state index in [0.717, 1.165) is 43.8 Å². The fraction of sp³-hybridized carbons (Fsp3) is 0.636. The number of likely N-dealkylation sites (tertiary alicyclic amines) is 1. The molecule has 2 saturated heterocycles. The summed E-state index contributed by atoms with van der Waals surface area (Å²) in [4.78, 5) is 29.0. The number of nitrogens with one attached hydrogen (secondary N) is 1. The van der Waals surface area contributed by atoms with Crippen LogP contribution in [0.4, 0.5) is 0 Å². The molecule has 2 fully saturated rings. The van der Waals surface area contributed by atoms with E-state index in [-0.39, 0.29) is 30.3 Å². The highest BCUT2D eigenvalue weighted by Crippen LogP contribution is 2.26. The minimum atomic E-state index is -0.543. The van der Waals surface area contributed by atoms with Gasteiger partial charge in [-0.3, -0.25) is 9.59 Å². The molecule has 0 aliphatic carbocycles. The summed E-state index contributed by atoms with van der Waals surface area (Å²) in [6.45, 7) is 11.4. The number of amides is 2. The lowest BCUT2D eigenvalue weighted by Crippen LogP contribution is -2.58. The first-order valence-corrected chi connectivity index (χ1v) is 10.4. The maximum absolute atomic E-state index is 13.0. The minimum absolute atomic E-state index is 0. The van der Waals surface area contributed by atoms with Gasteiger partial charge >= 0.3 is 0 Å². The number of piperidine rings is 1. The zero-order valence-electron chi connectivity index (χ0n) is 17.9. The van der Waals surface area contributed by atoms with E-state index in [9.17, 15) is 9.59 Å². The van der Waals surface area contributed by atoms with E-state index in [4.69, 9.17) is 4.74 Å². The van der Waals surface area contributed by atoms with Crippen molar-refractivity contribution < 1.29 is 14.3 Å². The van der Waals surface area contributed by atoms with Crippen molar-refractivity contribution in [3.63, 3.8) is 0 Å². The Morgan fingerprint density at radius 3 is 2.69 bits per heavy atom. The molecule has 162 valence electrons. The standard InChI is InChI=1S/C22H33N3O3.ClH/c1-15(2)18-8-7-16(3)20(12-18)28-17(4)22(27)24-10-5-6-19(14-24)25-11-9-23-13-21(25)26;/h7-8,12,15,17,19,23H,5-6,9-11,13-14H2,1-4H3;1H. The van der Waals surface area contributed by atoms with Crippen molar-refractivity contribution in [1.29, 1.82) is 0 Å². The van der Waals surface area contributed by atoms with Crippen LogP contribution in [-0.2, 0) is 9.59 Å². The van der Waals surface area contributed by atoms with Gasteiger partial charge in [0.15, 0.2) is 6.10 Å². The Balaban J connectivity index is 0.00000300. The van der Waals surface area contributed by atoms with Crippen molar-refractivity contribution in [3.8, 4) is 5.75 Å². The number of ether oxygens (including phenoxy) is 1. The molecule has 0 saturated carbocycles. The molecular formula is C22H34ClN3O3. The molecule has 2 aliphatic rings. The van der Waals surface area contributed by atoms with Gasteiger partial charge in [0, 0.05) is 32.2 Å². The van der Waals surface area contributed by atoms with Gasteiger partial charge in [-0.1, -0.05) is 26.0 Å². The Morgan fingerprint density at radius 1 is 1.24 bits per heavy atom. The van der Waals surface area contributed by atoms with Crippen LogP contribution >= 0.6 is 12.4 Å². The van der Waals surface area contributed by atoms with Crippen LogP contribution in [0.5, 0.6) is 5.75 Å². The van der Waals surface area contributed by atoms with Gasteiger partial charge < -0.3 is 19.9 Å². The number of piperazine rings is 1. The average molecular weight is 424 g/mol. The van der Waals surface area contributed by atoms with E-state index in [1.54, 1.807) is 0 Å². The predicted octanol–water partition coefficient (Wildman–Crippen LogP) is 2.73. The van der Waals surface area contributed by atoms with Crippen LogP contribution in [0.25, 0.3) is 0 Å². The van der Waals surface area contributed by atoms with E-state index in [2.05, 4.69) is 31.3 Å². The monoisotopic (exact) mass is 423 g/mol. The normalized spacial score (nSPS) is 21.0. The zero-order valence-corrected chi connectivity index (χ0v) is 18.8. The number of aryl methyl sites for hydroxylation is 1. The Kier molecular flexibility index (Phi) is 8.34. The van der Waals surface area contributed by atoms with Gasteiger partial charge in [0.2, 0.25) is 5.91 Å². The van der Waals surface area contributed by atoms with E-state index in [0.29, 0.717) is 19.0 Å². The molecule has 2 aliphatic heterocycles. The third-order valence-corrected chi connectivity index (χ3v) is 5.81. The van der Waals surface area contributed by atoms with Crippen LogP contribution in [0.15, 0.2) is 18.2 Å². The van der Waals surface area contributed by atoms with Gasteiger partial charge in [-0.15, -0.1) is 12.4 Å². The topological polar surface area (TPSA) is 61.9 Å². The van der Waals surface area contributed by atoms with Crippen molar-refractivity contribution in [2.45, 2.75) is 58.6 Å². The van der Waals surface area contributed by atoms with E-state index in [1.165, 1.54) is 5.56 Å². The second-order valence-electron chi connectivity index (χ2n) is 8.28. The molecule has 0 radical (unpaired) electrons. The first-order valence-electron chi connectivity index (χ1n) is 10.4. The quantitative estimate of drug-likeness (QED) is 0.791. The molecule has 29 heavy (non-hydrogen) atoms. The first-order chi connectivity index (χ1) is 13.4. The lowest BCUT2D eigenvalue weighted by Gasteiger charge is -2.41. The number of hydrogen-bond donors (Lipinski definition) is 1. The lowest BCUT2D eigenvalue weighted by molar-refractivity contribution is -0.144. The summed E-state index contributed by atoms with van der Waals surface area (Å²) >= 11 is 0. The van der Waals surface area contributed by atoms with Gasteiger partial charge in [-0.05, 0) is 49.8 Å². The number of carbonyl (C=O) groups excluding carboxylic acids is 2. The number of rotatable bonds is 5. The van der Waals surface area contributed by atoms with Crippen molar-refractivity contribution in [1.82, 2.24) is 15.1 Å². The molecule has 6 nitrogen and oxygen atoms in total. The molecule has 1 aromatic carbocycles. The summed E-state index contributed by atoms with van der Waals surface area (Å²) in [5.41, 5.74) is 2.24. The van der Waals surface area contributed by atoms with E-state index < -0.39 is 6.10 Å². The van der Waals surface area contributed by atoms with Gasteiger partial charge in [0.25, 0.3) is 5.91 Å². The second-order valence-corrected chi connectivity index (χ2v) is 8.28. The van der Waals surface area contributed by atoms with Crippen molar-refractivity contribution in [3.05, 3.63) is 29.3 Å². The summed E-state index contributed by atoms with van der Waals surface area (Å²) < 4.78 is 6.07. The van der Waals surface area contributed by atoms with Crippen LogP contribution in [-0.4, -0.2) is 66.5 Å². The van der Waals surface area contributed by atoms with Crippen molar-refractivity contribution in [2.75, 3.05) is 32.7 Å². The molecule has 2 amide bonds. The number of benzene rings is 1. The van der Waals surface area contributed by atoms with Crippen molar-refractivity contribution >= 4 is 24.2 Å². The van der Waals surface area contributed by atoms with E-state index >= 15 is 0 Å². The predicted molar refractivity (Wildman–Crippen MR) is 117 cm³/mol. The van der Waals surface area contributed by atoms with Crippen LogP contribution in [0.3, 0.4) is 0 Å². The highest BCUT2D eigenvalue weighted by molar-refractivity contribution is 5.85. The lowest BCUT2D eigenvalue weighted by atomic mass is 10.0. The third kappa shape index (κ3) is 5.64. The van der Waals surface area contributed by atoms with Crippen LogP contribution in [0.1, 0.15) is 50.7 Å². The van der Waals surface area contributed by atoms with Gasteiger partial charge in [0.05, 0.1) is 6.54 Å².